The fourth-order valence-electron chi connectivity index (χ4n) is 2.90. The van der Waals surface area contributed by atoms with Gasteiger partial charge in [0.05, 0.1) is 34.1 Å². The Labute approximate surface area is 222 Å². The minimum absolute atomic E-state index is 0.0687. The number of alkyl halides is 3. The SMILES string of the molecule is CCOc1cc(/C=N\NC(=O)Cc2csc(Nc3cccc(C(F)(F)F)c3)n2)cc(I)c1OCC#N. The summed E-state index contributed by atoms with van der Waals surface area (Å²) in [5.41, 5.74) is 2.97. The van der Waals surface area contributed by atoms with Gasteiger partial charge in [0.25, 0.3) is 0 Å². The highest BCUT2D eigenvalue weighted by molar-refractivity contribution is 14.1. The van der Waals surface area contributed by atoms with Crippen LogP contribution in [0.5, 0.6) is 11.5 Å². The van der Waals surface area contributed by atoms with Crippen molar-refractivity contribution >= 4 is 56.9 Å². The molecule has 0 unspecified atom stereocenters. The molecular formula is C23H19F3IN5O3S. The zero-order chi connectivity index (χ0) is 26.1. The number of hydrogen-bond donors (Lipinski definition) is 2. The number of rotatable bonds is 10. The second-order valence-electron chi connectivity index (χ2n) is 7.03. The molecule has 1 amide bonds. The molecular weight excluding hydrogens is 610 g/mol. The van der Waals surface area contributed by atoms with Crippen LogP contribution in [-0.2, 0) is 17.4 Å². The molecule has 8 nitrogen and oxygen atoms in total. The number of anilines is 2. The molecule has 36 heavy (non-hydrogen) atoms. The molecule has 188 valence electrons. The van der Waals surface area contributed by atoms with E-state index < -0.39 is 17.6 Å². The van der Waals surface area contributed by atoms with E-state index in [4.69, 9.17) is 14.7 Å². The van der Waals surface area contributed by atoms with Gasteiger partial charge in [0.2, 0.25) is 5.91 Å². The number of thiazole rings is 1. The van der Waals surface area contributed by atoms with Gasteiger partial charge in [-0.15, -0.1) is 11.3 Å². The number of hydrazone groups is 1. The van der Waals surface area contributed by atoms with Crippen LogP contribution in [0, 0.1) is 14.9 Å². The Balaban J connectivity index is 1.59. The number of nitrogens with one attached hydrogen (secondary N) is 2. The third kappa shape index (κ3) is 7.82. The van der Waals surface area contributed by atoms with Crippen molar-refractivity contribution in [3.05, 3.63) is 62.2 Å². The Kier molecular flexibility index (Phi) is 9.48. The first-order valence-electron chi connectivity index (χ1n) is 10.4. The van der Waals surface area contributed by atoms with Crippen LogP contribution < -0.4 is 20.2 Å². The van der Waals surface area contributed by atoms with Crippen LogP contribution in [0.3, 0.4) is 0 Å². The molecule has 0 aliphatic carbocycles. The van der Waals surface area contributed by atoms with Gasteiger partial charge in [-0.1, -0.05) is 6.07 Å². The van der Waals surface area contributed by atoms with E-state index in [-0.39, 0.29) is 18.7 Å². The minimum Gasteiger partial charge on any atom is -0.490 e. The Hall–Kier alpha value is -3.38. The summed E-state index contributed by atoms with van der Waals surface area (Å²) >= 11 is 3.22. The topological polar surface area (TPSA) is 109 Å². The Morgan fingerprint density at radius 3 is 2.83 bits per heavy atom. The number of hydrogen-bond acceptors (Lipinski definition) is 8. The molecule has 0 saturated heterocycles. The summed E-state index contributed by atoms with van der Waals surface area (Å²) in [4.78, 5) is 16.5. The second kappa shape index (κ2) is 12.5. The molecule has 1 heterocycles. The lowest BCUT2D eigenvalue weighted by molar-refractivity contribution is -0.137. The summed E-state index contributed by atoms with van der Waals surface area (Å²) in [6.07, 6.45) is -3.07. The van der Waals surface area contributed by atoms with Crippen molar-refractivity contribution in [1.29, 1.82) is 5.26 Å². The molecule has 2 N–H and O–H groups in total. The van der Waals surface area contributed by atoms with Crippen molar-refractivity contribution in [2.45, 2.75) is 19.5 Å². The van der Waals surface area contributed by atoms with E-state index in [9.17, 15) is 18.0 Å². The fourth-order valence-corrected chi connectivity index (χ4v) is 4.41. The summed E-state index contributed by atoms with van der Waals surface area (Å²) < 4.78 is 50.4. The van der Waals surface area contributed by atoms with E-state index in [0.29, 0.717) is 38.1 Å². The van der Waals surface area contributed by atoms with Crippen molar-refractivity contribution in [2.24, 2.45) is 5.10 Å². The van der Waals surface area contributed by atoms with Gasteiger partial charge in [-0.25, -0.2) is 10.4 Å². The number of benzene rings is 2. The molecule has 0 fully saturated rings. The first kappa shape index (κ1) is 27.2. The van der Waals surface area contributed by atoms with Crippen LogP contribution in [0.1, 0.15) is 23.7 Å². The molecule has 13 heteroatoms. The van der Waals surface area contributed by atoms with Gasteiger partial charge < -0.3 is 14.8 Å². The van der Waals surface area contributed by atoms with Crippen LogP contribution in [0.4, 0.5) is 24.0 Å². The smallest absolute Gasteiger partial charge is 0.416 e. The Morgan fingerprint density at radius 1 is 1.31 bits per heavy atom. The largest absolute Gasteiger partial charge is 0.490 e. The molecule has 0 saturated carbocycles. The summed E-state index contributed by atoms with van der Waals surface area (Å²) in [6, 6.07) is 10.1. The third-order valence-electron chi connectivity index (χ3n) is 4.35. The van der Waals surface area contributed by atoms with Crippen LogP contribution in [-0.4, -0.2) is 30.3 Å². The molecule has 0 bridgehead atoms. The second-order valence-corrected chi connectivity index (χ2v) is 9.05. The standard InChI is InChI=1S/C23H19F3IN5O3S/c1-2-34-19-9-14(8-18(27)21(19)35-7-6-28)12-29-32-20(33)11-17-13-36-22(31-17)30-16-5-3-4-15(10-16)23(24,25)26/h3-5,8-10,12-13H,2,7,11H2,1H3,(H,30,31)(H,32,33)/b29-12-. The van der Waals surface area contributed by atoms with E-state index in [1.165, 1.54) is 29.7 Å². The first-order valence-corrected chi connectivity index (χ1v) is 12.3. The third-order valence-corrected chi connectivity index (χ3v) is 5.96. The number of aromatic nitrogens is 1. The van der Waals surface area contributed by atoms with Gasteiger partial charge in [-0.3, -0.25) is 4.79 Å². The molecule has 1 aromatic heterocycles. The molecule has 2 aromatic carbocycles. The lowest BCUT2D eigenvalue weighted by Crippen LogP contribution is -2.20. The molecule has 3 aromatic rings. The number of nitriles is 1. The van der Waals surface area contributed by atoms with Crippen molar-refractivity contribution in [1.82, 2.24) is 10.4 Å². The van der Waals surface area contributed by atoms with E-state index >= 15 is 0 Å². The lowest BCUT2D eigenvalue weighted by atomic mass is 10.2. The number of ether oxygens (including phenoxy) is 2. The normalized spacial score (nSPS) is 11.2. The van der Waals surface area contributed by atoms with E-state index in [0.717, 1.165) is 12.1 Å². The first-order chi connectivity index (χ1) is 17.2. The Morgan fingerprint density at radius 2 is 2.11 bits per heavy atom. The van der Waals surface area contributed by atoms with Crippen molar-refractivity contribution in [3.63, 3.8) is 0 Å². The molecule has 0 atom stereocenters. The van der Waals surface area contributed by atoms with Crippen molar-refractivity contribution < 1.29 is 27.4 Å². The summed E-state index contributed by atoms with van der Waals surface area (Å²) in [6.45, 7) is 2.10. The molecule has 3 rings (SSSR count). The summed E-state index contributed by atoms with van der Waals surface area (Å²) in [5.74, 6) is 0.491. The van der Waals surface area contributed by atoms with Gasteiger partial charge >= 0.3 is 6.18 Å². The van der Waals surface area contributed by atoms with Crippen LogP contribution in [0.25, 0.3) is 0 Å². The average molecular weight is 629 g/mol. The van der Waals surface area contributed by atoms with E-state index in [1.807, 2.05) is 13.0 Å². The van der Waals surface area contributed by atoms with Crippen LogP contribution in [0.15, 0.2) is 46.9 Å². The maximum Gasteiger partial charge on any atom is 0.416 e. The zero-order valence-corrected chi connectivity index (χ0v) is 21.7. The van der Waals surface area contributed by atoms with Gasteiger partial charge in [0, 0.05) is 11.1 Å². The number of carbonyl (C=O) groups excluding carboxylic acids is 1. The maximum atomic E-state index is 12.9. The summed E-state index contributed by atoms with van der Waals surface area (Å²) in [5, 5.41) is 17.5. The van der Waals surface area contributed by atoms with Gasteiger partial charge in [-0.2, -0.15) is 23.5 Å². The predicted molar refractivity (Wildman–Crippen MR) is 138 cm³/mol. The molecule has 0 aliphatic heterocycles. The number of nitrogens with zero attached hydrogens (tertiary/aromatic N) is 3. The van der Waals surface area contributed by atoms with E-state index in [1.54, 1.807) is 17.5 Å². The van der Waals surface area contributed by atoms with Gasteiger partial charge in [-0.05, 0) is 65.4 Å². The number of halogens is 4. The monoisotopic (exact) mass is 629 g/mol. The lowest BCUT2D eigenvalue weighted by Gasteiger charge is -2.12. The Bertz CT molecular complexity index is 1290. The van der Waals surface area contributed by atoms with Gasteiger partial charge in [0.1, 0.15) is 6.07 Å². The van der Waals surface area contributed by atoms with Crippen LogP contribution in [0.2, 0.25) is 0 Å². The number of carbonyl (C=O) groups is 1. The molecule has 0 spiro atoms. The number of amides is 1. The minimum atomic E-state index is -4.44. The van der Waals surface area contributed by atoms with E-state index in [2.05, 4.69) is 43.4 Å². The zero-order valence-electron chi connectivity index (χ0n) is 18.7. The van der Waals surface area contributed by atoms with Gasteiger partial charge in [0.15, 0.2) is 23.2 Å². The van der Waals surface area contributed by atoms with Crippen molar-refractivity contribution in [3.8, 4) is 17.6 Å². The highest BCUT2D eigenvalue weighted by Gasteiger charge is 2.30. The maximum absolute atomic E-state index is 12.9. The summed E-state index contributed by atoms with van der Waals surface area (Å²) in [7, 11) is 0. The highest BCUT2D eigenvalue weighted by Crippen LogP contribution is 2.34. The van der Waals surface area contributed by atoms with Crippen LogP contribution >= 0.6 is 33.9 Å². The fraction of sp³-hybridized carbons (Fsp3) is 0.217. The quantitative estimate of drug-likeness (QED) is 0.174. The predicted octanol–water partition coefficient (Wildman–Crippen LogP) is 5.50. The average Bonchev–Trinajstić information content (AvgIpc) is 3.25. The molecule has 0 radical (unpaired) electrons. The van der Waals surface area contributed by atoms with Crippen molar-refractivity contribution in [2.75, 3.05) is 18.5 Å². The highest BCUT2D eigenvalue weighted by atomic mass is 127. The molecule has 0 aliphatic rings.